The maximum Gasteiger partial charge on any atom is 0.252 e. The number of ketones is 1. The van der Waals surface area contributed by atoms with Gasteiger partial charge in [-0.2, -0.15) is 0 Å². The van der Waals surface area contributed by atoms with E-state index in [4.69, 9.17) is 4.74 Å². The van der Waals surface area contributed by atoms with Crippen LogP contribution in [0.15, 0.2) is 54.6 Å². The molecule has 0 spiro atoms. The Labute approximate surface area is 162 Å². The standard InChI is InChI=1S/C21H22N2O5/c24-14-18(21(27)23-9-11-28-12-10-23)22-20(26)17-8-4-7-16(13-17)19(25)15-5-2-1-3-6-15/h1-8,13,18,24H,9-12,14H2,(H,22,26). The van der Waals surface area contributed by atoms with Crippen LogP contribution in [0, 0.1) is 0 Å². The van der Waals surface area contributed by atoms with E-state index in [1.165, 1.54) is 6.07 Å². The van der Waals surface area contributed by atoms with Gasteiger partial charge in [-0.05, 0) is 12.1 Å². The van der Waals surface area contributed by atoms with Crippen LogP contribution in [0.5, 0.6) is 0 Å². The Bertz CT molecular complexity index is 847. The number of carbonyl (C=O) groups is 3. The number of amides is 2. The molecule has 1 atom stereocenters. The van der Waals surface area contributed by atoms with E-state index in [1.54, 1.807) is 47.4 Å². The number of rotatable bonds is 6. The smallest absolute Gasteiger partial charge is 0.252 e. The Morgan fingerprint density at radius 1 is 0.964 bits per heavy atom. The third-order valence-electron chi connectivity index (χ3n) is 4.53. The quantitative estimate of drug-likeness (QED) is 0.723. The van der Waals surface area contributed by atoms with Crippen molar-refractivity contribution in [1.29, 1.82) is 0 Å². The number of benzene rings is 2. The van der Waals surface area contributed by atoms with Crippen molar-refractivity contribution >= 4 is 17.6 Å². The molecule has 2 amide bonds. The van der Waals surface area contributed by atoms with Gasteiger partial charge < -0.3 is 20.1 Å². The Morgan fingerprint density at radius 2 is 1.61 bits per heavy atom. The van der Waals surface area contributed by atoms with E-state index in [1.807, 2.05) is 6.07 Å². The highest BCUT2D eigenvalue weighted by atomic mass is 16.5. The average molecular weight is 382 g/mol. The molecule has 1 unspecified atom stereocenters. The van der Waals surface area contributed by atoms with Crippen LogP contribution in [0.1, 0.15) is 26.3 Å². The molecule has 2 aromatic carbocycles. The number of nitrogens with zero attached hydrogens (tertiary/aromatic N) is 1. The molecule has 1 fully saturated rings. The van der Waals surface area contributed by atoms with Gasteiger partial charge in [0.2, 0.25) is 5.91 Å². The first-order valence-corrected chi connectivity index (χ1v) is 9.08. The molecule has 146 valence electrons. The molecular formula is C21H22N2O5. The van der Waals surface area contributed by atoms with Crippen molar-refractivity contribution in [2.45, 2.75) is 6.04 Å². The first-order valence-electron chi connectivity index (χ1n) is 9.08. The predicted molar refractivity (Wildman–Crippen MR) is 102 cm³/mol. The number of aliphatic hydroxyl groups excluding tert-OH is 1. The van der Waals surface area contributed by atoms with Crippen LogP contribution < -0.4 is 5.32 Å². The van der Waals surface area contributed by atoms with Crippen LogP contribution in [0.4, 0.5) is 0 Å². The first kappa shape index (κ1) is 19.7. The van der Waals surface area contributed by atoms with E-state index < -0.39 is 18.6 Å². The fourth-order valence-electron chi connectivity index (χ4n) is 2.99. The van der Waals surface area contributed by atoms with Crippen molar-refractivity contribution in [3.63, 3.8) is 0 Å². The second-order valence-corrected chi connectivity index (χ2v) is 6.42. The molecule has 1 aliphatic rings. The third-order valence-corrected chi connectivity index (χ3v) is 4.53. The minimum Gasteiger partial charge on any atom is -0.394 e. The van der Waals surface area contributed by atoms with Crippen molar-refractivity contribution < 1.29 is 24.2 Å². The molecule has 2 N–H and O–H groups in total. The summed E-state index contributed by atoms with van der Waals surface area (Å²) in [6.07, 6.45) is 0. The minimum absolute atomic E-state index is 0.196. The Hall–Kier alpha value is -3.03. The summed E-state index contributed by atoms with van der Waals surface area (Å²) in [5, 5.41) is 12.1. The maximum absolute atomic E-state index is 12.6. The zero-order valence-electron chi connectivity index (χ0n) is 15.3. The van der Waals surface area contributed by atoms with E-state index in [0.29, 0.717) is 37.4 Å². The molecule has 2 aromatic rings. The summed E-state index contributed by atoms with van der Waals surface area (Å²) in [5.74, 6) is -1.07. The van der Waals surface area contributed by atoms with Crippen LogP contribution in [0.3, 0.4) is 0 Å². The lowest BCUT2D eigenvalue weighted by molar-refractivity contribution is -0.138. The van der Waals surface area contributed by atoms with E-state index >= 15 is 0 Å². The first-order chi connectivity index (χ1) is 13.6. The van der Waals surface area contributed by atoms with E-state index in [2.05, 4.69) is 5.32 Å². The van der Waals surface area contributed by atoms with Gasteiger partial charge in [0, 0.05) is 29.8 Å². The van der Waals surface area contributed by atoms with Gasteiger partial charge in [0.15, 0.2) is 5.78 Å². The third kappa shape index (κ3) is 4.62. The molecule has 0 aliphatic carbocycles. The second kappa shape index (κ2) is 9.25. The molecule has 1 aliphatic heterocycles. The fraction of sp³-hybridized carbons (Fsp3) is 0.286. The number of hydrogen-bond acceptors (Lipinski definition) is 5. The van der Waals surface area contributed by atoms with Crippen LogP contribution in [0.25, 0.3) is 0 Å². The van der Waals surface area contributed by atoms with Gasteiger partial charge in [-0.25, -0.2) is 0 Å². The molecular weight excluding hydrogens is 360 g/mol. The summed E-state index contributed by atoms with van der Waals surface area (Å²) in [6.45, 7) is 1.20. The van der Waals surface area contributed by atoms with Crippen molar-refractivity contribution in [3.05, 3.63) is 71.3 Å². The fourth-order valence-corrected chi connectivity index (χ4v) is 2.99. The summed E-state index contributed by atoms with van der Waals surface area (Å²) in [4.78, 5) is 39.2. The van der Waals surface area contributed by atoms with Gasteiger partial charge in [-0.1, -0.05) is 42.5 Å². The van der Waals surface area contributed by atoms with Gasteiger partial charge in [-0.15, -0.1) is 0 Å². The van der Waals surface area contributed by atoms with Gasteiger partial charge in [0.25, 0.3) is 5.91 Å². The summed E-state index contributed by atoms with van der Waals surface area (Å²) in [7, 11) is 0. The number of morpholine rings is 1. The van der Waals surface area contributed by atoms with Crippen molar-refractivity contribution in [2.24, 2.45) is 0 Å². The number of carbonyl (C=O) groups excluding carboxylic acids is 3. The molecule has 7 heteroatoms. The Balaban J connectivity index is 1.71. The highest BCUT2D eigenvalue weighted by Gasteiger charge is 2.27. The summed E-state index contributed by atoms with van der Waals surface area (Å²) < 4.78 is 5.21. The van der Waals surface area contributed by atoms with Gasteiger partial charge >= 0.3 is 0 Å². The van der Waals surface area contributed by atoms with Gasteiger partial charge in [0.1, 0.15) is 6.04 Å². The largest absolute Gasteiger partial charge is 0.394 e. The molecule has 3 rings (SSSR count). The molecule has 7 nitrogen and oxygen atoms in total. The summed E-state index contributed by atoms with van der Waals surface area (Å²) in [6, 6.07) is 14.0. The lowest BCUT2D eigenvalue weighted by Crippen LogP contribution is -2.53. The van der Waals surface area contributed by atoms with Crippen LogP contribution in [0.2, 0.25) is 0 Å². The second-order valence-electron chi connectivity index (χ2n) is 6.42. The average Bonchev–Trinajstić information content (AvgIpc) is 2.77. The molecule has 1 saturated heterocycles. The predicted octanol–water partition coefficient (Wildman–Crippen LogP) is 0.867. The molecule has 0 aromatic heterocycles. The van der Waals surface area contributed by atoms with Crippen molar-refractivity contribution in [1.82, 2.24) is 10.2 Å². The molecule has 0 bridgehead atoms. The molecule has 1 heterocycles. The van der Waals surface area contributed by atoms with Crippen molar-refractivity contribution in [3.8, 4) is 0 Å². The normalized spacial score (nSPS) is 15.0. The number of ether oxygens (including phenoxy) is 1. The Morgan fingerprint density at radius 3 is 2.29 bits per heavy atom. The maximum atomic E-state index is 12.6. The summed E-state index contributed by atoms with van der Waals surface area (Å²) >= 11 is 0. The Kier molecular flexibility index (Phi) is 6.52. The van der Waals surface area contributed by atoms with E-state index in [0.717, 1.165) is 0 Å². The lowest BCUT2D eigenvalue weighted by Gasteiger charge is -2.30. The van der Waals surface area contributed by atoms with Crippen LogP contribution in [-0.2, 0) is 9.53 Å². The highest BCUT2D eigenvalue weighted by Crippen LogP contribution is 2.12. The molecule has 0 radical (unpaired) electrons. The SMILES string of the molecule is O=C(NC(CO)C(=O)N1CCOCC1)c1cccc(C(=O)c2ccccc2)c1. The minimum atomic E-state index is -1.04. The zero-order valence-corrected chi connectivity index (χ0v) is 15.3. The number of aliphatic hydroxyl groups is 1. The van der Waals surface area contributed by atoms with E-state index in [-0.39, 0.29) is 17.3 Å². The van der Waals surface area contributed by atoms with Crippen molar-refractivity contribution in [2.75, 3.05) is 32.9 Å². The topological polar surface area (TPSA) is 95.9 Å². The lowest BCUT2D eigenvalue weighted by atomic mass is 10.0. The van der Waals surface area contributed by atoms with Crippen LogP contribution in [-0.4, -0.2) is 66.6 Å². The molecule has 0 saturated carbocycles. The monoisotopic (exact) mass is 382 g/mol. The highest BCUT2D eigenvalue weighted by molar-refractivity contribution is 6.10. The molecule has 28 heavy (non-hydrogen) atoms. The number of hydrogen-bond donors (Lipinski definition) is 2. The van der Waals surface area contributed by atoms with Gasteiger partial charge in [-0.3, -0.25) is 14.4 Å². The zero-order chi connectivity index (χ0) is 19.9. The van der Waals surface area contributed by atoms with E-state index in [9.17, 15) is 19.5 Å². The van der Waals surface area contributed by atoms with Crippen LogP contribution >= 0.6 is 0 Å². The summed E-state index contributed by atoms with van der Waals surface area (Å²) in [5.41, 5.74) is 1.14. The number of nitrogens with one attached hydrogen (secondary N) is 1. The van der Waals surface area contributed by atoms with Gasteiger partial charge in [0.05, 0.1) is 19.8 Å².